The van der Waals surface area contributed by atoms with E-state index < -0.39 is 10.0 Å². The fourth-order valence-corrected chi connectivity index (χ4v) is 2.95. The minimum atomic E-state index is -3.46. The zero-order chi connectivity index (χ0) is 14.8. The highest BCUT2D eigenvalue weighted by molar-refractivity contribution is 7.90. The summed E-state index contributed by atoms with van der Waals surface area (Å²) in [4.78, 5) is 13.8. The minimum absolute atomic E-state index is 0.0247. The van der Waals surface area contributed by atoms with Gasteiger partial charge in [0.2, 0.25) is 0 Å². The van der Waals surface area contributed by atoms with Gasteiger partial charge in [0.25, 0.3) is 15.9 Å². The van der Waals surface area contributed by atoms with E-state index in [4.69, 9.17) is 0 Å². The Morgan fingerprint density at radius 2 is 2.25 bits per heavy atom. The van der Waals surface area contributed by atoms with E-state index in [1.807, 2.05) is 0 Å². The number of amides is 1. The van der Waals surface area contributed by atoms with Gasteiger partial charge in [-0.2, -0.15) is 0 Å². The van der Waals surface area contributed by atoms with E-state index in [-0.39, 0.29) is 17.5 Å². The van der Waals surface area contributed by atoms with Crippen molar-refractivity contribution in [2.75, 3.05) is 18.8 Å². The molecular weight excluding hydrogens is 278 g/mol. The zero-order valence-electron chi connectivity index (χ0n) is 11.7. The van der Waals surface area contributed by atoms with Crippen LogP contribution in [-0.4, -0.2) is 43.9 Å². The summed E-state index contributed by atoms with van der Waals surface area (Å²) in [5, 5.41) is 2.80. The molecule has 0 aliphatic carbocycles. The second kappa shape index (κ2) is 5.78. The van der Waals surface area contributed by atoms with Gasteiger partial charge < -0.3 is 10.2 Å². The number of allylic oxidation sites excluding steroid dienone is 2. The van der Waals surface area contributed by atoms with Crippen LogP contribution in [0.4, 0.5) is 0 Å². The molecule has 7 heteroatoms. The number of nitrogens with one attached hydrogen (secondary N) is 1. The van der Waals surface area contributed by atoms with Crippen LogP contribution in [-0.2, 0) is 14.8 Å². The van der Waals surface area contributed by atoms with Crippen molar-refractivity contribution in [3.05, 3.63) is 23.9 Å². The smallest absolute Gasteiger partial charge is 0.256 e. The van der Waals surface area contributed by atoms with Gasteiger partial charge in [-0.25, -0.2) is 8.42 Å². The molecule has 0 radical (unpaired) electrons. The highest BCUT2D eigenvalue weighted by Gasteiger charge is 2.29. The van der Waals surface area contributed by atoms with Gasteiger partial charge in [-0.1, -0.05) is 13.8 Å². The number of sulfonamides is 1. The lowest BCUT2D eigenvalue weighted by molar-refractivity contribution is -0.117. The molecule has 6 nitrogen and oxygen atoms in total. The van der Waals surface area contributed by atoms with E-state index in [1.165, 1.54) is 0 Å². The number of rotatable bonds is 4. The van der Waals surface area contributed by atoms with Crippen molar-refractivity contribution < 1.29 is 13.2 Å². The van der Waals surface area contributed by atoms with Gasteiger partial charge in [0, 0.05) is 19.3 Å². The van der Waals surface area contributed by atoms with Gasteiger partial charge in [0.1, 0.15) is 0 Å². The molecule has 1 amide bonds. The number of carbonyl (C=O) groups is 1. The third kappa shape index (κ3) is 3.47. The van der Waals surface area contributed by atoms with Crippen molar-refractivity contribution in [3.8, 4) is 0 Å². The molecule has 110 valence electrons. The molecule has 1 N–H and O–H groups in total. The summed E-state index contributed by atoms with van der Waals surface area (Å²) in [7, 11) is -3.46. The highest BCUT2D eigenvalue weighted by Crippen LogP contribution is 2.17. The van der Waals surface area contributed by atoms with E-state index >= 15 is 0 Å². The van der Waals surface area contributed by atoms with Crippen LogP contribution in [0.1, 0.15) is 20.3 Å². The fourth-order valence-electron chi connectivity index (χ4n) is 1.96. The summed E-state index contributed by atoms with van der Waals surface area (Å²) < 4.78 is 26.9. The largest absolute Gasteiger partial charge is 0.352 e. The lowest BCUT2D eigenvalue weighted by Crippen LogP contribution is -2.42. The van der Waals surface area contributed by atoms with Crippen molar-refractivity contribution >= 4 is 21.8 Å². The molecule has 0 spiro atoms. The Morgan fingerprint density at radius 1 is 1.50 bits per heavy atom. The Morgan fingerprint density at radius 3 is 2.95 bits per heavy atom. The number of fused-ring (bicyclic) bond motifs is 1. The Kier molecular flexibility index (Phi) is 4.27. The molecule has 0 bridgehead atoms. The van der Waals surface area contributed by atoms with Crippen LogP contribution < -0.4 is 5.32 Å². The second-order valence-corrected chi connectivity index (χ2v) is 7.01. The van der Waals surface area contributed by atoms with Crippen LogP contribution in [0.5, 0.6) is 0 Å². The molecule has 2 rings (SSSR count). The first-order chi connectivity index (χ1) is 9.39. The molecule has 20 heavy (non-hydrogen) atoms. The van der Waals surface area contributed by atoms with Crippen molar-refractivity contribution in [2.45, 2.75) is 20.3 Å². The van der Waals surface area contributed by atoms with Crippen molar-refractivity contribution in [1.82, 2.24) is 10.2 Å². The number of amidine groups is 1. The van der Waals surface area contributed by atoms with Gasteiger partial charge >= 0.3 is 0 Å². The van der Waals surface area contributed by atoms with Crippen LogP contribution in [0.2, 0.25) is 0 Å². The maximum Gasteiger partial charge on any atom is 0.256 e. The van der Waals surface area contributed by atoms with E-state index in [2.05, 4.69) is 23.6 Å². The van der Waals surface area contributed by atoms with E-state index in [0.717, 1.165) is 6.42 Å². The molecule has 2 aliphatic heterocycles. The summed E-state index contributed by atoms with van der Waals surface area (Å²) in [6, 6.07) is 0. The Bertz CT molecular complexity index is 588. The summed E-state index contributed by atoms with van der Waals surface area (Å²) >= 11 is 0. The predicted octanol–water partition coefficient (Wildman–Crippen LogP) is 0.646. The van der Waals surface area contributed by atoms with Crippen molar-refractivity contribution in [2.24, 2.45) is 10.3 Å². The molecule has 0 atom stereocenters. The zero-order valence-corrected chi connectivity index (χ0v) is 12.5. The molecule has 2 heterocycles. The molecule has 0 aromatic rings. The SMILES string of the molecule is CC(C)CCNC(=O)C1=CC=CN2CCS(=O)(=O)N=C12. The number of carbonyl (C=O) groups excluding carboxylic acids is 1. The molecule has 0 fully saturated rings. The van der Waals surface area contributed by atoms with Crippen LogP contribution in [0.25, 0.3) is 0 Å². The van der Waals surface area contributed by atoms with E-state index in [0.29, 0.717) is 24.6 Å². The molecule has 0 aromatic carbocycles. The number of hydrogen-bond acceptors (Lipinski definition) is 4. The molecule has 0 saturated carbocycles. The first-order valence-corrected chi connectivity index (χ1v) is 8.26. The normalized spacial score (nSPS) is 20.2. The Balaban J connectivity index is 2.14. The first-order valence-electron chi connectivity index (χ1n) is 6.65. The van der Waals surface area contributed by atoms with Crippen molar-refractivity contribution in [3.63, 3.8) is 0 Å². The first kappa shape index (κ1) is 14.8. The topological polar surface area (TPSA) is 78.8 Å². The maximum absolute atomic E-state index is 12.1. The van der Waals surface area contributed by atoms with Gasteiger partial charge in [-0.05, 0) is 24.5 Å². The van der Waals surface area contributed by atoms with Crippen LogP contribution in [0.15, 0.2) is 28.3 Å². The molecule has 0 unspecified atom stereocenters. The van der Waals surface area contributed by atoms with Crippen LogP contribution in [0.3, 0.4) is 0 Å². The average molecular weight is 297 g/mol. The van der Waals surface area contributed by atoms with Gasteiger partial charge in [0.05, 0.1) is 11.3 Å². The molecule has 2 aliphatic rings. The van der Waals surface area contributed by atoms with E-state index in [9.17, 15) is 13.2 Å². The average Bonchev–Trinajstić information content (AvgIpc) is 2.36. The number of hydrogen-bond donors (Lipinski definition) is 1. The molecule has 0 saturated heterocycles. The summed E-state index contributed by atoms with van der Waals surface area (Å²) in [6.07, 6.45) is 5.94. The molecular formula is C13H19N3O3S. The van der Waals surface area contributed by atoms with Crippen LogP contribution >= 0.6 is 0 Å². The Hall–Kier alpha value is -1.63. The van der Waals surface area contributed by atoms with Crippen molar-refractivity contribution in [1.29, 1.82) is 0 Å². The van der Waals surface area contributed by atoms with Gasteiger partial charge in [-0.15, -0.1) is 4.40 Å². The lowest BCUT2D eigenvalue weighted by atomic mass is 10.1. The second-order valence-electron chi connectivity index (χ2n) is 5.25. The third-order valence-electron chi connectivity index (χ3n) is 3.11. The summed E-state index contributed by atoms with van der Waals surface area (Å²) in [5.74, 6) is 0.416. The predicted molar refractivity (Wildman–Crippen MR) is 77.6 cm³/mol. The van der Waals surface area contributed by atoms with Gasteiger partial charge in [0.15, 0.2) is 5.84 Å². The standard InChI is InChI=1S/C13H19N3O3S/c1-10(2)5-6-14-13(17)11-4-3-7-16-8-9-20(18,19)15-12(11)16/h3-4,7,10H,5-6,8-9H2,1-2H3,(H,14,17). The van der Waals surface area contributed by atoms with Crippen LogP contribution in [0, 0.1) is 5.92 Å². The maximum atomic E-state index is 12.1. The fraction of sp³-hybridized carbons (Fsp3) is 0.538. The summed E-state index contributed by atoms with van der Waals surface area (Å²) in [5.41, 5.74) is 0.305. The monoisotopic (exact) mass is 297 g/mol. The third-order valence-corrected chi connectivity index (χ3v) is 4.26. The minimum Gasteiger partial charge on any atom is -0.352 e. The van der Waals surface area contributed by atoms with E-state index in [1.54, 1.807) is 23.3 Å². The molecule has 0 aromatic heterocycles. The number of nitrogens with zero attached hydrogens (tertiary/aromatic N) is 2. The highest BCUT2D eigenvalue weighted by atomic mass is 32.2. The Labute approximate surface area is 119 Å². The summed E-state index contributed by atoms with van der Waals surface area (Å²) in [6.45, 7) is 5.05. The lowest BCUT2D eigenvalue weighted by Gasteiger charge is -2.28. The van der Waals surface area contributed by atoms with Gasteiger partial charge in [-0.3, -0.25) is 4.79 Å². The quantitative estimate of drug-likeness (QED) is 0.826.